The molecule has 1 amide bonds. The van der Waals surface area contributed by atoms with Crippen molar-refractivity contribution in [2.45, 2.75) is 50.6 Å². The lowest BCUT2D eigenvalue weighted by Gasteiger charge is -2.31. The molecule has 1 saturated carbocycles. The summed E-state index contributed by atoms with van der Waals surface area (Å²) >= 11 is 0. The Morgan fingerprint density at radius 1 is 1.35 bits per heavy atom. The van der Waals surface area contributed by atoms with Gasteiger partial charge in [-0.1, -0.05) is 12.8 Å². The van der Waals surface area contributed by atoms with Gasteiger partial charge >= 0.3 is 0 Å². The summed E-state index contributed by atoms with van der Waals surface area (Å²) in [6.45, 7) is 1.92. The number of likely N-dealkylation sites (tertiary alicyclic amines) is 1. The largest absolute Gasteiger partial charge is 0.368 e. The van der Waals surface area contributed by atoms with E-state index in [-0.39, 0.29) is 11.9 Å². The lowest BCUT2D eigenvalue weighted by atomic mass is 9.96. The molecule has 2 fully saturated rings. The first kappa shape index (κ1) is 12.8. The number of nitrogens with zero attached hydrogens (tertiary/aromatic N) is 1. The normalized spacial score (nSPS) is 28.6. The van der Waals surface area contributed by atoms with Crippen molar-refractivity contribution < 1.29 is 4.79 Å². The fourth-order valence-corrected chi connectivity index (χ4v) is 3.51. The fourth-order valence-electron chi connectivity index (χ4n) is 3.51. The van der Waals surface area contributed by atoms with Gasteiger partial charge < -0.3 is 11.1 Å². The topological polar surface area (TPSA) is 58.4 Å². The summed E-state index contributed by atoms with van der Waals surface area (Å²) in [5.74, 6) is 0.632. The molecule has 2 aliphatic rings. The van der Waals surface area contributed by atoms with Crippen molar-refractivity contribution in [2.24, 2.45) is 11.7 Å². The minimum atomic E-state index is -0.232. The summed E-state index contributed by atoms with van der Waals surface area (Å²) in [7, 11) is 1.82. The summed E-state index contributed by atoms with van der Waals surface area (Å²) < 4.78 is 0. The van der Waals surface area contributed by atoms with E-state index in [4.69, 9.17) is 5.73 Å². The van der Waals surface area contributed by atoms with Crippen LogP contribution >= 0.6 is 0 Å². The molecule has 0 aromatic heterocycles. The smallest absolute Gasteiger partial charge is 0.235 e. The highest BCUT2D eigenvalue weighted by molar-refractivity contribution is 5.80. The monoisotopic (exact) mass is 239 g/mol. The van der Waals surface area contributed by atoms with Gasteiger partial charge in [0, 0.05) is 12.6 Å². The Morgan fingerprint density at radius 3 is 2.65 bits per heavy atom. The number of primary amides is 1. The number of hydrogen-bond acceptors (Lipinski definition) is 3. The van der Waals surface area contributed by atoms with Crippen LogP contribution in [0.4, 0.5) is 0 Å². The van der Waals surface area contributed by atoms with Gasteiger partial charge in [-0.2, -0.15) is 0 Å². The van der Waals surface area contributed by atoms with Gasteiger partial charge in [-0.25, -0.2) is 0 Å². The average molecular weight is 239 g/mol. The number of likely N-dealkylation sites (N-methyl/N-ethyl adjacent to an activating group) is 1. The van der Waals surface area contributed by atoms with E-state index >= 15 is 0 Å². The minimum Gasteiger partial charge on any atom is -0.368 e. The van der Waals surface area contributed by atoms with E-state index in [1.54, 1.807) is 0 Å². The number of carbonyl (C=O) groups is 1. The first-order valence-electron chi connectivity index (χ1n) is 6.93. The Bertz CT molecular complexity index is 263. The van der Waals surface area contributed by atoms with E-state index in [0.717, 1.165) is 19.0 Å². The molecule has 98 valence electrons. The molecule has 2 atom stereocenters. The van der Waals surface area contributed by atoms with E-state index in [2.05, 4.69) is 10.2 Å². The maximum atomic E-state index is 11.3. The average Bonchev–Trinajstić information content (AvgIpc) is 2.95. The molecule has 0 spiro atoms. The van der Waals surface area contributed by atoms with Crippen LogP contribution < -0.4 is 11.1 Å². The standard InChI is InChI=1S/C13H25N3O/c1-15-11(13(14)17)9-16-8-4-7-12(16)10-5-2-3-6-10/h10-12,15H,2-9H2,1H3,(H2,14,17). The summed E-state index contributed by atoms with van der Waals surface area (Å²) in [6.07, 6.45) is 8.11. The maximum absolute atomic E-state index is 11.3. The number of carbonyl (C=O) groups excluding carboxylic acids is 1. The van der Waals surface area contributed by atoms with Gasteiger partial charge in [-0.15, -0.1) is 0 Å². The second-order valence-corrected chi connectivity index (χ2v) is 5.49. The second-order valence-electron chi connectivity index (χ2n) is 5.49. The van der Waals surface area contributed by atoms with Crippen LogP contribution in [0.3, 0.4) is 0 Å². The van der Waals surface area contributed by atoms with Gasteiger partial charge in [0.05, 0.1) is 6.04 Å². The SMILES string of the molecule is CNC(CN1CCCC1C1CCCC1)C(N)=O. The molecule has 4 heteroatoms. The van der Waals surface area contributed by atoms with E-state index in [0.29, 0.717) is 6.04 Å². The molecular formula is C13H25N3O. The predicted octanol–water partition coefficient (Wildman–Crippen LogP) is 0.714. The number of hydrogen-bond donors (Lipinski definition) is 2. The highest BCUT2D eigenvalue weighted by Gasteiger charge is 2.34. The van der Waals surface area contributed by atoms with Crippen LogP contribution in [0.15, 0.2) is 0 Å². The van der Waals surface area contributed by atoms with Crippen molar-refractivity contribution in [2.75, 3.05) is 20.1 Å². The third-order valence-corrected chi connectivity index (χ3v) is 4.47. The molecule has 17 heavy (non-hydrogen) atoms. The van der Waals surface area contributed by atoms with Gasteiger partial charge in [-0.05, 0) is 45.2 Å². The first-order chi connectivity index (χ1) is 8.22. The molecule has 2 unspecified atom stereocenters. The molecule has 4 nitrogen and oxygen atoms in total. The molecule has 1 heterocycles. The van der Waals surface area contributed by atoms with E-state index < -0.39 is 0 Å². The zero-order chi connectivity index (χ0) is 12.3. The van der Waals surface area contributed by atoms with Crippen molar-refractivity contribution in [3.63, 3.8) is 0 Å². The van der Waals surface area contributed by atoms with E-state index in [9.17, 15) is 4.79 Å². The van der Waals surface area contributed by atoms with Crippen molar-refractivity contribution >= 4 is 5.91 Å². The summed E-state index contributed by atoms with van der Waals surface area (Å²) in [4.78, 5) is 13.8. The summed E-state index contributed by atoms with van der Waals surface area (Å²) in [5, 5.41) is 3.02. The molecule has 1 aliphatic heterocycles. The van der Waals surface area contributed by atoms with Gasteiger partial charge in [0.15, 0.2) is 0 Å². The third-order valence-electron chi connectivity index (χ3n) is 4.47. The lowest BCUT2D eigenvalue weighted by Crippen LogP contribution is -2.49. The summed E-state index contributed by atoms with van der Waals surface area (Å²) in [5.41, 5.74) is 5.40. The molecule has 0 bridgehead atoms. The Balaban J connectivity index is 1.92. The highest BCUT2D eigenvalue weighted by atomic mass is 16.1. The van der Waals surface area contributed by atoms with Crippen molar-refractivity contribution in [1.82, 2.24) is 10.2 Å². The highest BCUT2D eigenvalue weighted by Crippen LogP contribution is 2.35. The minimum absolute atomic E-state index is 0.197. The quantitative estimate of drug-likeness (QED) is 0.743. The van der Waals surface area contributed by atoms with Crippen molar-refractivity contribution in [3.8, 4) is 0 Å². The number of amides is 1. The van der Waals surface area contributed by atoms with E-state index in [1.807, 2.05) is 7.05 Å². The van der Waals surface area contributed by atoms with Gasteiger partial charge in [0.1, 0.15) is 0 Å². The third kappa shape index (κ3) is 2.99. The second kappa shape index (κ2) is 5.83. The number of nitrogens with one attached hydrogen (secondary N) is 1. The molecular weight excluding hydrogens is 214 g/mol. The molecule has 3 N–H and O–H groups in total. The van der Waals surface area contributed by atoms with Crippen molar-refractivity contribution in [1.29, 1.82) is 0 Å². The molecule has 1 saturated heterocycles. The Labute approximate surface area is 104 Å². The van der Waals surface area contributed by atoms with Crippen LogP contribution in [-0.4, -0.2) is 43.0 Å². The number of nitrogens with two attached hydrogens (primary N) is 1. The Hall–Kier alpha value is -0.610. The molecule has 0 aromatic carbocycles. The van der Waals surface area contributed by atoms with Gasteiger partial charge in [0.2, 0.25) is 5.91 Å². The lowest BCUT2D eigenvalue weighted by molar-refractivity contribution is -0.120. The van der Waals surface area contributed by atoms with Crippen LogP contribution in [0.2, 0.25) is 0 Å². The van der Waals surface area contributed by atoms with Crippen LogP contribution in [0.1, 0.15) is 38.5 Å². The number of rotatable bonds is 5. The van der Waals surface area contributed by atoms with Crippen LogP contribution in [0, 0.1) is 5.92 Å². The zero-order valence-electron chi connectivity index (χ0n) is 10.8. The van der Waals surface area contributed by atoms with E-state index in [1.165, 1.54) is 38.5 Å². The van der Waals surface area contributed by atoms with Crippen molar-refractivity contribution in [3.05, 3.63) is 0 Å². The molecule has 2 rings (SSSR count). The molecule has 1 aliphatic carbocycles. The maximum Gasteiger partial charge on any atom is 0.235 e. The summed E-state index contributed by atoms with van der Waals surface area (Å²) in [6, 6.07) is 0.504. The predicted molar refractivity (Wildman–Crippen MR) is 68.6 cm³/mol. The zero-order valence-corrected chi connectivity index (χ0v) is 10.8. The van der Waals surface area contributed by atoms with Gasteiger partial charge in [0.25, 0.3) is 0 Å². The van der Waals surface area contributed by atoms with Crippen LogP contribution in [-0.2, 0) is 4.79 Å². The van der Waals surface area contributed by atoms with Gasteiger partial charge in [-0.3, -0.25) is 9.69 Å². The Morgan fingerprint density at radius 2 is 2.06 bits per heavy atom. The van der Waals surface area contributed by atoms with Crippen LogP contribution in [0.25, 0.3) is 0 Å². The molecule has 0 aromatic rings. The first-order valence-corrected chi connectivity index (χ1v) is 6.93. The van der Waals surface area contributed by atoms with Crippen LogP contribution in [0.5, 0.6) is 0 Å². The Kier molecular flexibility index (Phi) is 4.40. The molecule has 0 radical (unpaired) electrons. The fraction of sp³-hybridized carbons (Fsp3) is 0.923.